The molecule has 6 rings (SSSR count). The van der Waals surface area contributed by atoms with Crippen molar-refractivity contribution < 1.29 is 4.79 Å². The molecule has 1 amide bonds. The lowest BCUT2D eigenvalue weighted by molar-refractivity contribution is -0.134. The van der Waals surface area contributed by atoms with Crippen LogP contribution in [0.1, 0.15) is 38.5 Å². The molecule has 2 aliphatic carbocycles. The van der Waals surface area contributed by atoms with Crippen LogP contribution < -0.4 is 10.6 Å². The Labute approximate surface area is 153 Å². The molecule has 4 aliphatic rings. The van der Waals surface area contributed by atoms with Gasteiger partial charge in [-0.15, -0.1) is 0 Å². The Hall–Kier alpha value is -2.15. The van der Waals surface area contributed by atoms with Crippen molar-refractivity contribution in [2.45, 2.75) is 50.1 Å². The molecule has 0 spiro atoms. The van der Waals surface area contributed by atoms with Crippen molar-refractivity contribution in [1.29, 1.82) is 0 Å². The number of rotatable bonds is 8. The molecule has 2 aromatic heterocycles. The van der Waals surface area contributed by atoms with Crippen molar-refractivity contribution in [2.24, 2.45) is 5.92 Å². The largest absolute Gasteiger partial charge is 0.368 e. The minimum absolute atomic E-state index is 0.147. The second-order valence-electron chi connectivity index (χ2n) is 8.03. The predicted octanol–water partition coefficient (Wildman–Crippen LogP) is 1.66. The molecule has 7 heteroatoms. The van der Waals surface area contributed by atoms with Crippen LogP contribution in [0.4, 0.5) is 5.82 Å². The summed E-state index contributed by atoms with van der Waals surface area (Å²) in [5.41, 5.74) is 0.840. The molecule has 4 fully saturated rings. The van der Waals surface area contributed by atoms with Gasteiger partial charge >= 0.3 is 0 Å². The maximum atomic E-state index is 12.7. The maximum Gasteiger partial charge on any atom is 0.240 e. The summed E-state index contributed by atoms with van der Waals surface area (Å²) < 4.78 is 1.81. The Morgan fingerprint density at radius 3 is 2.96 bits per heavy atom. The van der Waals surface area contributed by atoms with E-state index in [-0.39, 0.29) is 11.4 Å². The molecule has 2 bridgehead atoms. The van der Waals surface area contributed by atoms with E-state index in [2.05, 4.69) is 25.6 Å². The van der Waals surface area contributed by atoms with Gasteiger partial charge in [0.2, 0.25) is 5.91 Å². The first-order valence-corrected chi connectivity index (χ1v) is 9.83. The fraction of sp³-hybridized carbons (Fsp3) is 0.632. The Kier molecular flexibility index (Phi) is 3.85. The molecule has 0 radical (unpaired) electrons. The third kappa shape index (κ3) is 2.65. The van der Waals surface area contributed by atoms with Crippen LogP contribution >= 0.6 is 0 Å². The molecule has 2 aliphatic heterocycles. The average Bonchev–Trinajstić information content (AvgIpc) is 3.07. The number of hydrogen-bond donors (Lipinski definition) is 2. The highest BCUT2D eigenvalue weighted by atomic mass is 16.2. The molecule has 2 aromatic rings. The summed E-state index contributed by atoms with van der Waals surface area (Å²) in [5.74, 6) is 1.90. The van der Waals surface area contributed by atoms with E-state index in [9.17, 15) is 4.79 Å². The topological polar surface area (TPSA) is 74.6 Å². The lowest BCUT2D eigenvalue weighted by Crippen LogP contribution is -2.58. The molecule has 0 atom stereocenters. The van der Waals surface area contributed by atoms with Gasteiger partial charge in [0.25, 0.3) is 0 Å². The number of anilines is 1. The number of amides is 1. The Bertz CT molecular complexity index is 807. The third-order valence-electron chi connectivity index (χ3n) is 6.18. The first kappa shape index (κ1) is 16.1. The molecular formula is C19H26N6O. The number of fused-ring (bicyclic) bond motifs is 2. The maximum absolute atomic E-state index is 12.7. The van der Waals surface area contributed by atoms with Crippen molar-refractivity contribution in [2.75, 3.05) is 25.0 Å². The molecule has 2 saturated heterocycles. The number of unbranched alkanes of at least 4 members (excludes halogenated alkanes) is 1. The number of nitrogens with zero attached hydrogens (tertiary/aromatic N) is 4. The minimum Gasteiger partial charge on any atom is -0.368 e. The lowest BCUT2D eigenvalue weighted by Gasteiger charge is -2.41. The van der Waals surface area contributed by atoms with E-state index in [1.54, 1.807) is 6.33 Å². The van der Waals surface area contributed by atoms with Crippen LogP contribution in [0.5, 0.6) is 0 Å². The fourth-order valence-electron chi connectivity index (χ4n) is 4.74. The van der Waals surface area contributed by atoms with Gasteiger partial charge in [-0.25, -0.2) is 9.50 Å². The summed E-state index contributed by atoms with van der Waals surface area (Å²) in [6.45, 7) is 2.75. The van der Waals surface area contributed by atoms with Crippen LogP contribution in [0.3, 0.4) is 0 Å². The van der Waals surface area contributed by atoms with Crippen molar-refractivity contribution in [3.8, 4) is 0 Å². The van der Waals surface area contributed by atoms with E-state index in [0.29, 0.717) is 6.04 Å². The minimum atomic E-state index is -0.147. The van der Waals surface area contributed by atoms with E-state index in [1.807, 2.05) is 22.8 Å². The molecule has 4 heterocycles. The summed E-state index contributed by atoms with van der Waals surface area (Å²) in [6.07, 6.45) is 10.2. The highest BCUT2D eigenvalue weighted by molar-refractivity contribution is 5.88. The van der Waals surface area contributed by atoms with Crippen molar-refractivity contribution in [3.63, 3.8) is 0 Å². The van der Waals surface area contributed by atoms with Gasteiger partial charge in [-0.2, -0.15) is 5.10 Å². The Morgan fingerprint density at radius 1 is 1.27 bits per heavy atom. The van der Waals surface area contributed by atoms with Crippen LogP contribution in [-0.4, -0.2) is 56.6 Å². The lowest BCUT2D eigenvalue weighted by atomic mass is 9.72. The van der Waals surface area contributed by atoms with Crippen molar-refractivity contribution >= 4 is 17.2 Å². The second kappa shape index (κ2) is 6.23. The number of nitrogens with one attached hydrogen (secondary N) is 2. The molecule has 0 unspecified atom stereocenters. The zero-order valence-electron chi connectivity index (χ0n) is 15.0. The van der Waals surface area contributed by atoms with Gasteiger partial charge in [-0.1, -0.05) is 0 Å². The van der Waals surface area contributed by atoms with Gasteiger partial charge in [0.1, 0.15) is 17.4 Å². The monoisotopic (exact) mass is 354 g/mol. The van der Waals surface area contributed by atoms with Gasteiger partial charge in [0.15, 0.2) is 5.82 Å². The molecule has 26 heavy (non-hydrogen) atoms. The third-order valence-corrected chi connectivity index (χ3v) is 6.18. The van der Waals surface area contributed by atoms with Crippen LogP contribution in [0.15, 0.2) is 24.7 Å². The normalized spacial score (nSPS) is 27.5. The highest BCUT2D eigenvalue weighted by Crippen LogP contribution is 2.54. The molecule has 7 nitrogen and oxygen atoms in total. The Balaban J connectivity index is 1.05. The number of carbonyl (C=O) groups excluding carboxylic acids is 1. The van der Waals surface area contributed by atoms with Crippen molar-refractivity contribution in [3.05, 3.63) is 24.7 Å². The van der Waals surface area contributed by atoms with Gasteiger partial charge in [0.05, 0.1) is 0 Å². The second-order valence-corrected chi connectivity index (χ2v) is 8.03. The SMILES string of the molecule is O=C(NCCCCNc1ncnn2cccc12)C12CC(CN1C1CC1)C2. The summed E-state index contributed by atoms with van der Waals surface area (Å²) >= 11 is 0. The van der Waals surface area contributed by atoms with Crippen LogP contribution in [0.25, 0.3) is 5.52 Å². The van der Waals surface area contributed by atoms with Gasteiger partial charge in [0, 0.05) is 31.9 Å². The van der Waals surface area contributed by atoms with Crippen molar-refractivity contribution in [1.82, 2.24) is 24.8 Å². The zero-order valence-corrected chi connectivity index (χ0v) is 15.0. The van der Waals surface area contributed by atoms with E-state index in [1.165, 1.54) is 12.8 Å². The van der Waals surface area contributed by atoms with Crippen LogP contribution in [0.2, 0.25) is 0 Å². The molecule has 2 saturated carbocycles. The molecule has 138 valence electrons. The molecular weight excluding hydrogens is 328 g/mol. The number of carbonyl (C=O) groups is 1. The smallest absolute Gasteiger partial charge is 0.240 e. The first-order valence-electron chi connectivity index (χ1n) is 9.83. The summed E-state index contributed by atoms with van der Waals surface area (Å²) in [5, 5.41) is 10.7. The van der Waals surface area contributed by atoms with Crippen LogP contribution in [-0.2, 0) is 4.79 Å². The van der Waals surface area contributed by atoms with Crippen LogP contribution in [0, 0.1) is 5.92 Å². The van der Waals surface area contributed by atoms with Gasteiger partial charge in [-0.05, 0) is 56.6 Å². The summed E-state index contributed by atoms with van der Waals surface area (Å²) in [6, 6.07) is 4.65. The zero-order chi connectivity index (χ0) is 17.6. The number of aromatic nitrogens is 3. The van der Waals surface area contributed by atoms with Gasteiger partial charge < -0.3 is 10.6 Å². The fourth-order valence-corrected chi connectivity index (χ4v) is 4.74. The van der Waals surface area contributed by atoms with E-state index < -0.39 is 0 Å². The number of hydrogen-bond acceptors (Lipinski definition) is 5. The highest BCUT2D eigenvalue weighted by Gasteiger charge is 2.63. The predicted molar refractivity (Wildman–Crippen MR) is 98.9 cm³/mol. The standard InChI is InChI=1S/C19H26N6O/c26-18(19-10-14(11-19)12-24(19)15-5-6-15)21-8-2-1-7-20-17-16-4-3-9-25(16)23-13-22-17/h3-4,9,13-15H,1-2,5-8,10-12H2,(H,21,26)(H,20,22,23). The van der Waals surface area contributed by atoms with E-state index >= 15 is 0 Å². The quantitative estimate of drug-likeness (QED) is 0.706. The summed E-state index contributed by atoms with van der Waals surface area (Å²) in [4.78, 5) is 19.5. The summed E-state index contributed by atoms with van der Waals surface area (Å²) in [7, 11) is 0. The van der Waals surface area contributed by atoms with Gasteiger partial charge in [-0.3, -0.25) is 9.69 Å². The average molecular weight is 354 g/mol. The van der Waals surface area contributed by atoms with E-state index in [0.717, 1.165) is 62.6 Å². The molecule has 0 aromatic carbocycles. The van der Waals surface area contributed by atoms with E-state index in [4.69, 9.17) is 0 Å². The first-order chi connectivity index (χ1) is 12.8. The molecule has 2 N–H and O–H groups in total. The Morgan fingerprint density at radius 2 is 2.12 bits per heavy atom.